The van der Waals surface area contributed by atoms with Crippen LogP contribution in [0, 0.1) is 5.82 Å². The highest BCUT2D eigenvalue weighted by Gasteiger charge is 2.19. The molecule has 1 unspecified atom stereocenters. The van der Waals surface area contributed by atoms with Gasteiger partial charge < -0.3 is 16.0 Å². The Balaban J connectivity index is 1.46. The third kappa shape index (κ3) is 6.15. The Bertz CT molecular complexity index is 1100. The Hall–Kier alpha value is -3.75. The predicted octanol–water partition coefficient (Wildman–Crippen LogP) is 3.05. The largest absolute Gasteiger partial charge is 0.369 e. The van der Waals surface area contributed by atoms with E-state index in [1.165, 1.54) is 12.1 Å². The van der Waals surface area contributed by atoms with Crippen LogP contribution in [0.2, 0.25) is 0 Å². The highest BCUT2D eigenvalue weighted by molar-refractivity contribution is 5.99. The number of pyridine rings is 1. The molecule has 2 amide bonds. The van der Waals surface area contributed by atoms with Gasteiger partial charge >= 0.3 is 0 Å². The number of amides is 2. The van der Waals surface area contributed by atoms with Gasteiger partial charge in [0.1, 0.15) is 11.6 Å². The molecule has 1 atom stereocenters. The molecule has 1 aliphatic rings. The Morgan fingerprint density at radius 2 is 2.12 bits per heavy atom. The first-order valence-corrected chi connectivity index (χ1v) is 11.1. The number of carbonyl (C=O) groups excluding carboxylic acids is 2. The summed E-state index contributed by atoms with van der Waals surface area (Å²) < 4.78 is 13.5. The predicted molar refractivity (Wildman–Crippen MR) is 123 cm³/mol. The molecule has 1 aromatic carbocycles. The van der Waals surface area contributed by atoms with Crippen molar-refractivity contribution in [2.45, 2.75) is 38.1 Å². The highest BCUT2D eigenvalue weighted by atomic mass is 19.1. The van der Waals surface area contributed by atoms with Crippen LogP contribution in [0.1, 0.15) is 41.6 Å². The van der Waals surface area contributed by atoms with Gasteiger partial charge in [0.05, 0.1) is 17.5 Å². The average molecular weight is 451 g/mol. The summed E-state index contributed by atoms with van der Waals surface area (Å²) in [6.07, 6.45) is 7.15. The van der Waals surface area contributed by atoms with Crippen LogP contribution in [0.4, 0.5) is 10.2 Å². The molecule has 1 saturated heterocycles. The zero-order valence-corrected chi connectivity index (χ0v) is 18.2. The first kappa shape index (κ1) is 22.4. The van der Waals surface area contributed by atoms with Crippen LogP contribution in [-0.4, -0.2) is 46.1 Å². The summed E-state index contributed by atoms with van der Waals surface area (Å²) in [4.78, 5) is 29.4. The molecule has 1 fully saturated rings. The topological polar surface area (TPSA) is 112 Å². The molecule has 3 aromatic rings. The molecule has 8 nitrogen and oxygen atoms in total. The molecular weight excluding hydrogens is 423 g/mol. The minimum atomic E-state index is -0.279. The van der Waals surface area contributed by atoms with E-state index >= 15 is 0 Å². The van der Waals surface area contributed by atoms with Crippen molar-refractivity contribution in [3.05, 3.63) is 65.7 Å². The summed E-state index contributed by atoms with van der Waals surface area (Å²) in [5.41, 5.74) is 2.73. The molecule has 0 radical (unpaired) electrons. The van der Waals surface area contributed by atoms with Crippen molar-refractivity contribution in [2.24, 2.45) is 0 Å². The number of hydrogen-bond acceptors (Lipinski definition) is 5. The number of aromatic nitrogens is 3. The van der Waals surface area contributed by atoms with E-state index in [0.29, 0.717) is 43.0 Å². The van der Waals surface area contributed by atoms with Crippen LogP contribution in [-0.2, 0) is 11.2 Å². The van der Waals surface area contributed by atoms with Gasteiger partial charge in [0.2, 0.25) is 5.91 Å². The van der Waals surface area contributed by atoms with Gasteiger partial charge in [-0.25, -0.2) is 9.37 Å². The lowest BCUT2D eigenvalue weighted by Crippen LogP contribution is -2.42. The zero-order chi connectivity index (χ0) is 23.0. The third-order valence-electron chi connectivity index (χ3n) is 5.61. The monoisotopic (exact) mass is 450 g/mol. The van der Waals surface area contributed by atoms with Crippen molar-refractivity contribution in [1.82, 2.24) is 25.8 Å². The maximum atomic E-state index is 13.5. The number of nitrogens with zero attached hydrogens (tertiary/aromatic N) is 2. The van der Waals surface area contributed by atoms with Gasteiger partial charge in [-0.15, -0.1) is 0 Å². The van der Waals surface area contributed by atoms with E-state index in [-0.39, 0.29) is 23.7 Å². The van der Waals surface area contributed by atoms with Gasteiger partial charge in [-0.05, 0) is 49.1 Å². The van der Waals surface area contributed by atoms with Crippen LogP contribution in [0.15, 0.2) is 48.8 Å². The van der Waals surface area contributed by atoms with Crippen LogP contribution in [0.25, 0.3) is 11.3 Å². The van der Waals surface area contributed by atoms with Gasteiger partial charge in [0.15, 0.2) is 0 Å². The number of halogens is 1. The van der Waals surface area contributed by atoms with Crippen LogP contribution >= 0.6 is 0 Å². The summed E-state index contributed by atoms with van der Waals surface area (Å²) in [5, 5.41) is 15.8. The van der Waals surface area contributed by atoms with Crippen LogP contribution in [0.5, 0.6) is 0 Å². The van der Waals surface area contributed by atoms with Crippen molar-refractivity contribution >= 4 is 17.6 Å². The molecule has 0 bridgehead atoms. The minimum absolute atomic E-state index is 0.0255. The molecule has 9 heteroatoms. The fourth-order valence-corrected chi connectivity index (χ4v) is 3.86. The lowest BCUT2D eigenvalue weighted by atomic mass is 10.1. The van der Waals surface area contributed by atoms with Gasteiger partial charge in [0.25, 0.3) is 5.91 Å². The second-order valence-electron chi connectivity index (χ2n) is 8.11. The zero-order valence-electron chi connectivity index (χ0n) is 18.2. The van der Waals surface area contributed by atoms with E-state index in [1.54, 1.807) is 30.6 Å². The summed E-state index contributed by atoms with van der Waals surface area (Å²) in [6.45, 7) is 0.834. The van der Waals surface area contributed by atoms with Gasteiger partial charge in [-0.3, -0.25) is 14.7 Å². The average Bonchev–Trinajstić information content (AvgIpc) is 3.27. The molecule has 3 heterocycles. The molecule has 172 valence electrons. The van der Waals surface area contributed by atoms with Crippen LogP contribution < -0.4 is 16.0 Å². The molecule has 4 rings (SSSR count). The van der Waals surface area contributed by atoms with E-state index < -0.39 is 0 Å². The van der Waals surface area contributed by atoms with Gasteiger partial charge in [0, 0.05) is 37.3 Å². The van der Waals surface area contributed by atoms with Crippen molar-refractivity contribution in [3.63, 3.8) is 0 Å². The third-order valence-corrected chi connectivity index (χ3v) is 5.61. The first-order valence-electron chi connectivity index (χ1n) is 11.1. The lowest BCUT2D eigenvalue weighted by Gasteiger charge is -2.18. The Morgan fingerprint density at radius 1 is 1.21 bits per heavy atom. The lowest BCUT2D eigenvalue weighted by molar-refractivity contribution is -0.121. The molecular formula is C24H27FN6O2. The van der Waals surface area contributed by atoms with Crippen molar-refractivity contribution in [2.75, 3.05) is 18.4 Å². The Kier molecular flexibility index (Phi) is 7.29. The Labute approximate surface area is 191 Å². The maximum absolute atomic E-state index is 13.5. The molecule has 1 aliphatic heterocycles. The van der Waals surface area contributed by atoms with E-state index in [2.05, 4.69) is 31.1 Å². The molecule has 2 aromatic heterocycles. The molecule has 0 aliphatic carbocycles. The summed E-state index contributed by atoms with van der Waals surface area (Å²) in [7, 11) is 0. The summed E-state index contributed by atoms with van der Waals surface area (Å²) in [6, 6.07) is 9.85. The molecule has 33 heavy (non-hydrogen) atoms. The van der Waals surface area contributed by atoms with Gasteiger partial charge in [-0.2, -0.15) is 5.10 Å². The van der Waals surface area contributed by atoms with Gasteiger partial charge in [-0.1, -0.05) is 18.6 Å². The number of nitrogens with one attached hydrogen (secondary N) is 4. The smallest absolute Gasteiger partial charge is 0.255 e. The number of anilines is 1. The molecule has 4 N–H and O–H groups in total. The Morgan fingerprint density at radius 3 is 2.94 bits per heavy atom. The fourth-order valence-electron chi connectivity index (χ4n) is 3.86. The number of aromatic amines is 1. The fraction of sp³-hybridized carbons (Fsp3) is 0.333. The van der Waals surface area contributed by atoms with E-state index in [4.69, 9.17) is 0 Å². The second-order valence-corrected chi connectivity index (χ2v) is 8.11. The second kappa shape index (κ2) is 10.7. The maximum Gasteiger partial charge on any atom is 0.255 e. The number of benzene rings is 1. The summed E-state index contributed by atoms with van der Waals surface area (Å²) >= 11 is 0. The standard InChI is InChI=1S/C24H27FN6O2/c25-18-5-3-4-16(12-18)10-11-26-23-20(8-9-21(31-23)17-13-28-29-14-17)24(33)27-15-19-6-1-2-7-22(32)30-19/h3-5,8-9,12-14,19H,1-2,6-7,10-11,15H2,(H,26,31)(H,27,33)(H,28,29)(H,30,32). The van der Waals surface area contributed by atoms with E-state index in [1.807, 2.05) is 6.07 Å². The van der Waals surface area contributed by atoms with Crippen LogP contribution in [0.3, 0.4) is 0 Å². The first-order chi connectivity index (χ1) is 16.1. The number of hydrogen-bond donors (Lipinski definition) is 4. The minimum Gasteiger partial charge on any atom is -0.369 e. The van der Waals surface area contributed by atoms with Crippen molar-refractivity contribution < 1.29 is 14.0 Å². The highest BCUT2D eigenvalue weighted by Crippen LogP contribution is 2.21. The molecule has 0 spiro atoms. The van der Waals surface area contributed by atoms with Crippen molar-refractivity contribution in [3.8, 4) is 11.3 Å². The number of rotatable bonds is 8. The van der Waals surface area contributed by atoms with Crippen molar-refractivity contribution in [1.29, 1.82) is 0 Å². The molecule has 0 saturated carbocycles. The SMILES string of the molecule is O=C1CCCCC(CNC(=O)c2ccc(-c3cn[nH]c3)nc2NCCc2cccc(F)c2)N1. The quantitative estimate of drug-likeness (QED) is 0.422. The number of carbonyl (C=O) groups is 2. The van der Waals surface area contributed by atoms with E-state index in [0.717, 1.165) is 30.4 Å². The van der Waals surface area contributed by atoms with E-state index in [9.17, 15) is 14.0 Å². The normalized spacial score (nSPS) is 16.0. The number of H-pyrrole nitrogens is 1. The summed E-state index contributed by atoms with van der Waals surface area (Å²) in [5.74, 6) is -0.0867.